The molecule has 0 aliphatic carbocycles. The van der Waals surface area contributed by atoms with Gasteiger partial charge in [-0.3, -0.25) is 0 Å². The van der Waals surface area contributed by atoms with Crippen molar-refractivity contribution in [2.75, 3.05) is 30.4 Å². The van der Waals surface area contributed by atoms with Crippen LogP contribution in [0.3, 0.4) is 0 Å². The minimum absolute atomic E-state index is 0.0474. The molecule has 1 N–H and O–H groups in total. The predicted octanol–water partition coefficient (Wildman–Crippen LogP) is 1.94. The molecule has 0 radical (unpaired) electrons. The van der Waals surface area contributed by atoms with E-state index in [0.717, 1.165) is 19.5 Å². The number of hydrogen-bond donors (Lipinski definition) is 1. The summed E-state index contributed by atoms with van der Waals surface area (Å²) in [5.74, 6) is 1.19. The van der Waals surface area contributed by atoms with Gasteiger partial charge in [-0.2, -0.15) is 15.0 Å². The fourth-order valence-corrected chi connectivity index (χ4v) is 1.53. The molecule has 0 aliphatic rings. The number of hydrogen-bond acceptors (Lipinski definition) is 6. The standard InChI is InChI=1S/C12H23N5O/c1-6-8-17(7-2)11-14-10(13-5)15-12(16-11)18-9(3)4/h9H,6-8H2,1-5H3,(H,13,14,15,16). The molecule has 1 aromatic heterocycles. The summed E-state index contributed by atoms with van der Waals surface area (Å²) < 4.78 is 5.54. The molecule has 0 aliphatic heterocycles. The summed E-state index contributed by atoms with van der Waals surface area (Å²) in [5.41, 5.74) is 0. The van der Waals surface area contributed by atoms with Gasteiger partial charge >= 0.3 is 6.01 Å². The van der Waals surface area contributed by atoms with Crippen molar-refractivity contribution in [3.8, 4) is 6.01 Å². The topological polar surface area (TPSA) is 63.2 Å². The van der Waals surface area contributed by atoms with Crippen molar-refractivity contribution < 1.29 is 4.74 Å². The van der Waals surface area contributed by atoms with Crippen LogP contribution in [0.1, 0.15) is 34.1 Å². The van der Waals surface area contributed by atoms with Gasteiger partial charge in [0.1, 0.15) is 0 Å². The van der Waals surface area contributed by atoms with Gasteiger partial charge in [0.2, 0.25) is 11.9 Å². The van der Waals surface area contributed by atoms with Crippen LogP contribution in [0.15, 0.2) is 0 Å². The van der Waals surface area contributed by atoms with E-state index in [1.165, 1.54) is 0 Å². The van der Waals surface area contributed by atoms with Gasteiger partial charge in [0.15, 0.2) is 0 Å². The molecule has 0 unspecified atom stereocenters. The van der Waals surface area contributed by atoms with Crippen LogP contribution in [0, 0.1) is 0 Å². The highest BCUT2D eigenvalue weighted by Gasteiger charge is 2.12. The van der Waals surface area contributed by atoms with E-state index in [1.54, 1.807) is 7.05 Å². The van der Waals surface area contributed by atoms with Gasteiger partial charge in [0.25, 0.3) is 0 Å². The van der Waals surface area contributed by atoms with Crippen LogP contribution < -0.4 is 15.0 Å². The van der Waals surface area contributed by atoms with Crippen molar-refractivity contribution in [3.63, 3.8) is 0 Å². The Morgan fingerprint density at radius 2 is 1.94 bits per heavy atom. The zero-order valence-electron chi connectivity index (χ0n) is 11.9. The summed E-state index contributed by atoms with van der Waals surface area (Å²) in [5, 5.41) is 2.93. The Morgan fingerprint density at radius 3 is 2.44 bits per heavy atom. The Morgan fingerprint density at radius 1 is 1.22 bits per heavy atom. The zero-order valence-corrected chi connectivity index (χ0v) is 11.9. The third kappa shape index (κ3) is 4.01. The third-order valence-corrected chi connectivity index (χ3v) is 2.33. The van der Waals surface area contributed by atoms with Gasteiger partial charge in [-0.25, -0.2) is 0 Å². The highest BCUT2D eigenvalue weighted by molar-refractivity contribution is 5.37. The lowest BCUT2D eigenvalue weighted by Gasteiger charge is -2.20. The normalized spacial score (nSPS) is 10.6. The SMILES string of the molecule is CCCN(CC)c1nc(NC)nc(OC(C)C)n1. The van der Waals surface area contributed by atoms with E-state index in [0.29, 0.717) is 17.9 Å². The fourth-order valence-electron chi connectivity index (χ4n) is 1.53. The molecule has 1 aromatic rings. The van der Waals surface area contributed by atoms with E-state index in [-0.39, 0.29) is 6.10 Å². The first kappa shape index (κ1) is 14.5. The Bertz CT molecular complexity index is 369. The van der Waals surface area contributed by atoms with Crippen molar-refractivity contribution in [3.05, 3.63) is 0 Å². The summed E-state index contributed by atoms with van der Waals surface area (Å²) >= 11 is 0. The number of rotatable bonds is 7. The molecule has 1 heterocycles. The molecular formula is C12H23N5O. The van der Waals surface area contributed by atoms with Crippen molar-refractivity contribution in [1.82, 2.24) is 15.0 Å². The van der Waals surface area contributed by atoms with Crippen molar-refractivity contribution in [2.45, 2.75) is 40.2 Å². The lowest BCUT2D eigenvalue weighted by molar-refractivity contribution is 0.222. The number of anilines is 2. The first-order chi connectivity index (χ1) is 8.60. The zero-order chi connectivity index (χ0) is 13.5. The second-order valence-corrected chi connectivity index (χ2v) is 4.24. The molecule has 0 bridgehead atoms. The largest absolute Gasteiger partial charge is 0.461 e. The Hall–Kier alpha value is -1.59. The average Bonchev–Trinajstić information content (AvgIpc) is 2.34. The molecule has 6 nitrogen and oxygen atoms in total. The quantitative estimate of drug-likeness (QED) is 0.801. The third-order valence-electron chi connectivity index (χ3n) is 2.33. The lowest BCUT2D eigenvalue weighted by atomic mass is 10.4. The molecule has 6 heteroatoms. The number of nitrogens with one attached hydrogen (secondary N) is 1. The maximum absolute atomic E-state index is 5.54. The van der Waals surface area contributed by atoms with Crippen molar-refractivity contribution in [1.29, 1.82) is 0 Å². The Labute approximate surface area is 109 Å². The van der Waals surface area contributed by atoms with E-state index in [1.807, 2.05) is 13.8 Å². The molecule has 0 amide bonds. The molecule has 1 rings (SSSR count). The Kier molecular flexibility index (Phi) is 5.61. The molecule has 0 spiro atoms. The van der Waals surface area contributed by atoms with Gasteiger partial charge in [0, 0.05) is 20.1 Å². The maximum Gasteiger partial charge on any atom is 0.323 e. The van der Waals surface area contributed by atoms with Gasteiger partial charge in [-0.1, -0.05) is 6.92 Å². The number of aromatic nitrogens is 3. The van der Waals surface area contributed by atoms with E-state index in [9.17, 15) is 0 Å². The van der Waals surface area contributed by atoms with Crippen molar-refractivity contribution >= 4 is 11.9 Å². The molecule has 0 saturated carbocycles. The Balaban J connectivity index is 3.01. The summed E-state index contributed by atoms with van der Waals surface area (Å²) in [4.78, 5) is 15.0. The highest BCUT2D eigenvalue weighted by atomic mass is 16.5. The lowest BCUT2D eigenvalue weighted by Crippen LogP contribution is -2.26. The second-order valence-electron chi connectivity index (χ2n) is 4.24. The number of ether oxygens (including phenoxy) is 1. The minimum Gasteiger partial charge on any atom is -0.461 e. The van der Waals surface area contributed by atoms with E-state index >= 15 is 0 Å². The van der Waals surface area contributed by atoms with Crippen LogP contribution in [0.25, 0.3) is 0 Å². The van der Waals surface area contributed by atoms with Gasteiger partial charge < -0.3 is 15.0 Å². The first-order valence-corrected chi connectivity index (χ1v) is 6.46. The number of nitrogens with zero attached hydrogens (tertiary/aromatic N) is 4. The van der Waals surface area contributed by atoms with Crippen LogP contribution in [0.4, 0.5) is 11.9 Å². The van der Waals surface area contributed by atoms with Crippen LogP contribution in [0.2, 0.25) is 0 Å². The van der Waals surface area contributed by atoms with Gasteiger partial charge in [-0.05, 0) is 27.2 Å². The summed E-state index contributed by atoms with van der Waals surface area (Å²) in [6.07, 6.45) is 1.10. The first-order valence-electron chi connectivity index (χ1n) is 6.46. The molecule has 18 heavy (non-hydrogen) atoms. The van der Waals surface area contributed by atoms with Crippen molar-refractivity contribution in [2.24, 2.45) is 0 Å². The highest BCUT2D eigenvalue weighted by Crippen LogP contribution is 2.15. The summed E-state index contributed by atoms with van der Waals surface area (Å²) in [6, 6.07) is 0.369. The van der Waals surface area contributed by atoms with E-state index in [4.69, 9.17) is 4.74 Å². The molecule has 0 saturated heterocycles. The second kappa shape index (κ2) is 6.98. The molecule has 0 fully saturated rings. The minimum atomic E-state index is 0.0474. The summed E-state index contributed by atoms with van der Waals surface area (Å²) in [6.45, 7) is 9.90. The van der Waals surface area contributed by atoms with E-state index in [2.05, 4.69) is 39.0 Å². The van der Waals surface area contributed by atoms with Crippen LogP contribution in [0.5, 0.6) is 6.01 Å². The van der Waals surface area contributed by atoms with E-state index < -0.39 is 0 Å². The molecule has 102 valence electrons. The van der Waals surface area contributed by atoms with Gasteiger partial charge in [-0.15, -0.1) is 0 Å². The monoisotopic (exact) mass is 253 g/mol. The predicted molar refractivity (Wildman–Crippen MR) is 73.3 cm³/mol. The fraction of sp³-hybridized carbons (Fsp3) is 0.750. The molecule has 0 aromatic carbocycles. The van der Waals surface area contributed by atoms with Crippen LogP contribution in [-0.2, 0) is 0 Å². The van der Waals surface area contributed by atoms with Crippen LogP contribution in [-0.4, -0.2) is 41.2 Å². The van der Waals surface area contributed by atoms with Gasteiger partial charge in [0.05, 0.1) is 6.10 Å². The molecular weight excluding hydrogens is 230 g/mol. The summed E-state index contributed by atoms with van der Waals surface area (Å²) in [7, 11) is 1.79. The van der Waals surface area contributed by atoms with Crippen LogP contribution >= 0.6 is 0 Å². The average molecular weight is 253 g/mol. The molecule has 0 atom stereocenters. The smallest absolute Gasteiger partial charge is 0.323 e. The maximum atomic E-state index is 5.54.